The maximum atomic E-state index is 4.32. The third-order valence-corrected chi connectivity index (χ3v) is 5.28. The monoisotopic (exact) mass is 264 g/mol. The molecule has 15 heavy (non-hydrogen) atoms. The van der Waals surface area contributed by atoms with Crippen molar-refractivity contribution in [3.63, 3.8) is 0 Å². The van der Waals surface area contributed by atoms with E-state index < -0.39 is 0 Å². The van der Waals surface area contributed by atoms with Gasteiger partial charge in [0.1, 0.15) is 5.88 Å². The number of thiol groups is 1. The van der Waals surface area contributed by atoms with Gasteiger partial charge in [-0.25, -0.2) is 4.41 Å². The molecule has 5 heteroatoms. The molecule has 1 atom stereocenters. The zero-order chi connectivity index (χ0) is 11.1. The largest absolute Gasteiger partial charge is 0.230 e. The van der Waals surface area contributed by atoms with Crippen LogP contribution in [0.25, 0.3) is 0 Å². The predicted molar refractivity (Wildman–Crippen MR) is 76.5 cm³/mol. The number of hydrogen-bond acceptors (Lipinski definition) is 5. The van der Waals surface area contributed by atoms with E-state index in [2.05, 4.69) is 31.8 Å². The molecule has 0 spiro atoms. The van der Waals surface area contributed by atoms with Crippen LogP contribution in [0.4, 0.5) is 0 Å². The third-order valence-electron chi connectivity index (χ3n) is 2.49. The zero-order valence-corrected chi connectivity index (χ0v) is 12.0. The third kappa shape index (κ3) is 5.41. The SMILES string of the molecule is CCCCC(CC)CSC1=NN(S)CS1. The van der Waals surface area contributed by atoms with Gasteiger partial charge in [0.05, 0.1) is 0 Å². The van der Waals surface area contributed by atoms with E-state index in [1.807, 2.05) is 11.8 Å². The predicted octanol–water partition coefficient (Wildman–Crippen LogP) is 4.06. The molecular weight excluding hydrogens is 244 g/mol. The van der Waals surface area contributed by atoms with E-state index in [-0.39, 0.29) is 0 Å². The molecule has 1 heterocycles. The Balaban J connectivity index is 2.19. The lowest BCUT2D eigenvalue weighted by molar-refractivity contribution is 0.500. The van der Waals surface area contributed by atoms with Crippen LogP contribution < -0.4 is 0 Å². The lowest BCUT2D eigenvalue weighted by Crippen LogP contribution is -2.03. The van der Waals surface area contributed by atoms with Crippen molar-refractivity contribution in [2.75, 3.05) is 11.6 Å². The van der Waals surface area contributed by atoms with Crippen LogP contribution in [0.5, 0.6) is 0 Å². The van der Waals surface area contributed by atoms with Gasteiger partial charge < -0.3 is 0 Å². The van der Waals surface area contributed by atoms with E-state index in [1.54, 1.807) is 16.2 Å². The van der Waals surface area contributed by atoms with Crippen LogP contribution in [0, 0.1) is 5.92 Å². The molecule has 88 valence electrons. The summed E-state index contributed by atoms with van der Waals surface area (Å²) in [5, 5.41) is 4.32. The number of hydrazone groups is 1. The first-order valence-corrected chi connectivity index (χ1v) is 7.94. The number of hydrogen-bond donors (Lipinski definition) is 1. The van der Waals surface area contributed by atoms with Crippen LogP contribution in [0.3, 0.4) is 0 Å². The Morgan fingerprint density at radius 3 is 2.93 bits per heavy atom. The normalized spacial score (nSPS) is 18.1. The topological polar surface area (TPSA) is 15.6 Å². The van der Waals surface area contributed by atoms with E-state index in [1.165, 1.54) is 35.8 Å². The van der Waals surface area contributed by atoms with Crippen molar-refractivity contribution >= 4 is 40.7 Å². The van der Waals surface area contributed by atoms with Crippen LogP contribution in [-0.4, -0.2) is 20.4 Å². The van der Waals surface area contributed by atoms with E-state index in [4.69, 9.17) is 0 Å². The van der Waals surface area contributed by atoms with Crippen LogP contribution >= 0.6 is 36.3 Å². The van der Waals surface area contributed by atoms with Crippen molar-refractivity contribution in [3.8, 4) is 0 Å². The molecule has 0 bridgehead atoms. The van der Waals surface area contributed by atoms with Gasteiger partial charge in [-0.3, -0.25) is 0 Å². The fraction of sp³-hybridized carbons (Fsp3) is 0.900. The van der Waals surface area contributed by atoms with Gasteiger partial charge in [-0.1, -0.05) is 56.6 Å². The molecule has 0 fully saturated rings. The maximum absolute atomic E-state index is 4.32. The minimum absolute atomic E-state index is 0.854. The summed E-state index contributed by atoms with van der Waals surface area (Å²) in [5.74, 6) is 2.95. The van der Waals surface area contributed by atoms with Crippen molar-refractivity contribution in [1.29, 1.82) is 0 Å². The molecule has 0 saturated carbocycles. The standard InChI is InChI=1S/C10H20N2S3/c1-3-5-6-9(4-2)7-14-10-11-12(13)8-15-10/h9,13H,3-8H2,1-2H3. The quantitative estimate of drug-likeness (QED) is 0.729. The molecule has 0 aromatic carbocycles. The zero-order valence-electron chi connectivity index (χ0n) is 9.48. The Morgan fingerprint density at radius 2 is 2.40 bits per heavy atom. The molecule has 0 radical (unpaired) electrons. The highest BCUT2D eigenvalue weighted by Crippen LogP contribution is 2.29. The summed E-state index contributed by atoms with van der Waals surface area (Å²) in [6.45, 7) is 4.55. The average Bonchev–Trinajstić information content (AvgIpc) is 2.65. The minimum atomic E-state index is 0.854. The summed E-state index contributed by atoms with van der Waals surface area (Å²) < 4.78 is 2.89. The van der Waals surface area contributed by atoms with Crippen molar-refractivity contribution in [2.45, 2.75) is 39.5 Å². The molecule has 1 aliphatic heterocycles. The first-order valence-electron chi connectivity index (χ1n) is 5.56. The number of thioether (sulfide) groups is 2. The second-order valence-electron chi connectivity index (χ2n) is 3.74. The molecule has 0 aromatic rings. The summed E-state index contributed by atoms with van der Waals surface area (Å²) >= 11 is 7.87. The molecule has 1 unspecified atom stereocenters. The van der Waals surface area contributed by atoms with E-state index >= 15 is 0 Å². The lowest BCUT2D eigenvalue weighted by Gasteiger charge is -2.12. The van der Waals surface area contributed by atoms with Crippen molar-refractivity contribution in [2.24, 2.45) is 11.0 Å². The van der Waals surface area contributed by atoms with Gasteiger partial charge in [-0.15, -0.1) is 0 Å². The van der Waals surface area contributed by atoms with E-state index in [0.717, 1.165) is 11.8 Å². The fourth-order valence-electron chi connectivity index (χ4n) is 1.42. The Morgan fingerprint density at radius 1 is 1.60 bits per heavy atom. The van der Waals surface area contributed by atoms with Gasteiger partial charge in [-0.2, -0.15) is 5.10 Å². The number of nitrogens with zero attached hydrogens (tertiary/aromatic N) is 2. The maximum Gasteiger partial charge on any atom is 0.152 e. The van der Waals surface area contributed by atoms with Crippen LogP contribution in [0.2, 0.25) is 0 Å². The summed E-state index contributed by atoms with van der Waals surface area (Å²) in [4.78, 5) is 0. The number of unbranched alkanes of at least 4 members (excludes halogenated alkanes) is 1. The Kier molecular flexibility index (Phi) is 7.01. The Bertz CT molecular complexity index is 209. The Labute approximate surface area is 107 Å². The summed E-state index contributed by atoms with van der Waals surface area (Å²) in [6, 6.07) is 0. The summed E-state index contributed by atoms with van der Waals surface area (Å²) in [7, 11) is 0. The van der Waals surface area contributed by atoms with Crippen LogP contribution in [0.1, 0.15) is 39.5 Å². The molecular formula is C10H20N2S3. The number of rotatable bonds is 6. The van der Waals surface area contributed by atoms with Gasteiger partial charge in [0, 0.05) is 5.75 Å². The van der Waals surface area contributed by atoms with Crippen molar-refractivity contribution in [3.05, 3.63) is 0 Å². The highest BCUT2D eigenvalue weighted by Gasteiger charge is 2.15. The van der Waals surface area contributed by atoms with Gasteiger partial charge in [0.15, 0.2) is 4.38 Å². The fourth-order valence-corrected chi connectivity index (χ4v) is 3.88. The molecule has 1 aliphatic rings. The van der Waals surface area contributed by atoms with Crippen LogP contribution in [-0.2, 0) is 0 Å². The molecule has 1 rings (SSSR count). The van der Waals surface area contributed by atoms with Gasteiger partial charge in [0.2, 0.25) is 0 Å². The highest BCUT2D eigenvalue weighted by atomic mass is 32.2. The molecule has 0 aliphatic carbocycles. The second-order valence-corrected chi connectivity index (χ2v) is 6.40. The minimum Gasteiger partial charge on any atom is -0.230 e. The van der Waals surface area contributed by atoms with E-state index in [0.29, 0.717) is 0 Å². The molecule has 0 N–H and O–H groups in total. The van der Waals surface area contributed by atoms with E-state index in [9.17, 15) is 0 Å². The van der Waals surface area contributed by atoms with Gasteiger partial charge in [-0.05, 0) is 25.2 Å². The van der Waals surface area contributed by atoms with Gasteiger partial charge >= 0.3 is 0 Å². The highest BCUT2D eigenvalue weighted by molar-refractivity contribution is 8.39. The Hall–Kier alpha value is 0.520. The molecule has 0 amide bonds. The average molecular weight is 264 g/mol. The first-order chi connectivity index (χ1) is 7.26. The van der Waals surface area contributed by atoms with Crippen molar-refractivity contribution < 1.29 is 0 Å². The second kappa shape index (κ2) is 7.74. The first kappa shape index (κ1) is 13.6. The lowest BCUT2D eigenvalue weighted by atomic mass is 10.0. The smallest absolute Gasteiger partial charge is 0.152 e. The molecule has 0 aromatic heterocycles. The summed E-state index contributed by atoms with van der Waals surface area (Å²) in [5.41, 5.74) is 0. The van der Waals surface area contributed by atoms with Crippen molar-refractivity contribution in [1.82, 2.24) is 4.41 Å². The van der Waals surface area contributed by atoms with Crippen LogP contribution in [0.15, 0.2) is 5.10 Å². The summed E-state index contributed by atoms with van der Waals surface area (Å²) in [6.07, 6.45) is 5.32. The molecule has 2 nitrogen and oxygen atoms in total. The van der Waals surface area contributed by atoms with Gasteiger partial charge in [0.25, 0.3) is 0 Å². The molecule has 0 saturated heterocycles.